The molecule has 8 nitrogen and oxygen atoms in total. The molecule has 8 heteroatoms. The van der Waals surface area contributed by atoms with Crippen LogP contribution in [0.1, 0.15) is 90.2 Å². The molecule has 44 heavy (non-hydrogen) atoms. The molecule has 4 atom stereocenters. The predicted octanol–water partition coefficient (Wildman–Crippen LogP) is 4.81. The molecule has 2 aliphatic carbocycles. The van der Waals surface area contributed by atoms with Crippen LogP contribution in [0.5, 0.6) is 0 Å². The highest BCUT2D eigenvalue weighted by Gasteiger charge is 2.66. The van der Waals surface area contributed by atoms with Crippen molar-refractivity contribution < 1.29 is 29.3 Å². The van der Waals surface area contributed by atoms with E-state index in [2.05, 4.69) is 10.6 Å². The highest BCUT2D eigenvalue weighted by molar-refractivity contribution is 5.85. The monoisotopic (exact) mass is 606 g/mol. The molecular weight excluding hydrogens is 556 g/mol. The van der Waals surface area contributed by atoms with Crippen molar-refractivity contribution in [2.24, 2.45) is 10.8 Å². The number of hydrogen-bond acceptors (Lipinski definition) is 6. The fourth-order valence-electron chi connectivity index (χ4n) is 8.52. The second-order valence-corrected chi connectivity index (χ2v) is 14.5. The summed E-state index contributed by atoms with van der Waals surface area (Å²) in [5.74, 6) is 0.104. The van der Waals surface area contributed by atoms with Crippen molar-refractivity contribution in [2.45, 2.75) is 115 Å². The third-order valence-electron chi connectivity index (χ3n) is 11.0. The van der Waals surface area contributed by atoms with Gasteiger partial charge < -0.3 is 30.3 Å². The molecule has 2 saturated carbocycles. The molecule has 0 unspecified atom stereocenters. The van der Waals surface area contributed by atoms with Gasteiger partial charge in [-0.1, -0.05) is 60.7 Å². The summed E-state index contributed by atoms with van der Waals surface area (Å²) < 4.78 is 12.4. The molecular formula is C36H50N2O6. The van der Waals surface area contributed by atoms with Crippen LogP contribution in [0, 0.1) is 10.8 Å². The number of ether oxygens (including phenoxy) is 2. The third-order valence-corrected chi connectivity index (χ3v) is 11.0. The van der Waals surface area contributed by atoms with Crippen molar-refractivity contribution in [1.29, 1.82) is 0 Å². The summed E-state index contributed by atoms with van der Waals surface area (Å²) in [6.45, 7) is 8.98. The Bertz CT molecular complexity index is 1210. The van der Waals surface area contributed by atoms with Crippen molar-refractivity contribution in [3.05, 3.63) is 71.8 Å². The molecule has 4 bridgehead atoms. The van der Waals surface area contributed by atoms with Crippen molar-refractivity contribution >= 4 is 11.8 Å². The summed E-state index contributed by atoms with van der Waals surface area (Å²) in [6.07, 6.45) is 6.38. The molecule has 0 spiro atoms. The number of fused-ring (bicyclic) bond motifs is 4. The summed E-state index contributed by atoms with van der Waals surface area (Å²) in [5, 5.41) is 25.7. The number of amides is 2. The van der Waals surface area contributed by atoms with Crippen LogP contribution in [-0.4, -0.2) is 57.6 Å². The number of carbonyl (C=O) groups excluding carboxylic acids is 2. The van der Waals surface area contributed by atoms with Crippen LogP contribution in [0.2, 0.25) is 0 Å². The first-order chi connectivity index (χ1) is 20.9. The molecule has 4 aliphatic rings. The number of benzene rings is 2. The minimum Gasteiger partial charge on any atom is -0.393 e. The van der Waals surface area contributed by atoms with E-state index in [1.165, 1.54) is 0 Å². The van der Waals surface area contributed by atoms with E-state index in [1.54, 1.807) is 0 Å². The first-order valence-corrected chi connectivity index (χ1v) is 16.1. The molecule has 4 N–H and O–H groups in total. The van der Waals surface area contributed by atoms with Gasteiger partial charge in [0.15, 0.2) is 0 Å². The molecule has 2 aliphatic heterocycles. The lowest BCUT2D eigenvalue weighted by Crippen LogP contribution is -2.51. The standard InChI is InChI=1S/2C18H25NO3/c2*1-16(2)18(10-6-9-17(12-18,13-20)22-16)15(21)19-11-14-7-4-3-5-8-14/h2*3-5,7-8,20H,6,9-13H2,1-2H3,(H,19,21)/t2*17-,18+/m11/s1. The Balaban J connectivity index is 0.000000175. The number of hydrogen-bond donors (Lipinski definition) is 4. The highest BCUT2D eigenvalue weighted by Crippen LogP contribution is 2.60. The van der Waals surface area contributed by atoms with Crippen LogP contribution < -0.4 is 10.6 Å². The first kappa shape index (κ1) is 32.6. The van der Waals surface area contributed by atoms with Crippen LogP contribution in [-0.2, 0) is 32.2 Å². The maximum Gasteiger partial charge on any atom is 0.229 e. The maximum absolute atomic E-state index is 13.0. The van der Waals surface area contributed by atoms with Crippen molar-refractivity contribution in [1.82, 2.24) is 10.6 Å². The molecule has 4 fully saturated rings. The molecule has 2 aromatic carbocycles. The first-order valence-electron chi connectivity index (χ1n) is 16.1. The highest BCUT2D eigenvalue weighted by atomic mass is 16.5. The Morgan fingerprint density at radius 2 is 1.00 bits per heavy atom. The van der Waals surface area contributed by atoms with Crippen molar-refractivity contribution in [3.63, 3.8) is 0 Å². The lowest BCUT2D eigenvalue weighted by atomic mass is 9.63. The average Bonchev–Trinajstić information content (AvgIpc) is 3.31. The zero-order valence-electron chi connectivity index (χ0n) is 26.8. The van der Waals surface area contributed by atoms with E-state index < -0.39 is 33.2 Å². The normalized spacial score (nSPS) is 32.7. The van der Waals surface area contributed by atoms with Gasteiger partial charge in [-0.3, -0.25) is 9.59 Å². The van der Waals surface area contributed by atoms with Gasteiger partial charge in [0, 0.05) is 13.1 Å². The summed E-state index contributed by atoms with van der Waals surface area (Å²) in [7, 11) is 0. The topological polar surface area (TPSA) is 117 Å². The minimum atomic E-state index is -0.549. The van der Waals surface area contributed by atoms with E-state index in [4.69, 9.17) is 9.47 Å². The van der Waals surface area contributed by atoms with Crippen LogP contribution in [0.4, 0.5) is 0 Å². The summed E-state index contributed by atoms with van der Waals surface area (Å²) in [6, 6.07) is 19.9. The van der Waals surface area contributed by atoms with E-state index in [0.717, 1.165) is 49.7 Å². The molecule has 2 saturated heterocycles. The SMILES string of the molecule is CC1(C)O[C@]2(CO)CCC[C@@]1(C(=O)NCc1ccccc1)C2.CC1(C)O[C@]2(CO)CCC[C@@]1(C(=O)NCc1ccccc1)C2. The van der Waals surface area contributed by atoms with Crippen LogP contribution in [0.25, 0.3) is 0 Å². The Morgan fingerprint density at radius 1 is 0.636 bits per heavy atom. The molecule has 2 heterocycles. The zero-order valence-corrected chi connectivity index (χ0v) is 26.8. The predicted molar refractivity (Wildman–Crippen MR) is 168 cm³/mol. The van der Waals surface area contributed by atoms with E-state index in [9.17, 15) is 19.8 Å². The van der Waals surface area contributed by atoms with E-state index in [1.807, 2.05) is 88.4 Å². The fraction of sp³-hybridized carbons (Fsp3) is 0.611. The summed E-state index contributed by atoms with van der Waals surface area (Å²) in [4.78, 5) is 25.9. The Kier molecular flexibility index (Phi) is 9.04. The Labute approximate surface area is 261 Å². The average molecular weight is 607 g/mol. The molecule has 0 aromatic heterocycles. The second kappa shape index (κ2) is 12.2. The van der Waals surface area contributed by atoms with E-state index in [-0.39, 0.29) is 25.0 Å². The number of nitrogens with one attached hydrogen (secondary N) is 2. The summed E-state index contributed by atoms with van der Waals surface area (Å²) >= 11 is 0. The molecule has 0 radical (unpaired) electrons. The lowest BCUT2D eigenvalue weighted by Gasteiger charge is -2.39. The van der Waals surface area contributed by atoms with Gasteiger partial charge in [-0.25, -0.2) is 0 Å². The van der Waals surface area contributed by atoms with Gasteiger partial charge in [0.2, 0.25) is 11.8 Å². The third kappa shape index (κ3) is 5.82. The van der Waals surface area contributed by atoms with Crippen LogP contribution in [0.3, 0.4) is 0 Å². The van der Waals surface area contributed by atoms with Crippen molar-refractivity contribution in [2.75, 3.05) is 13.2 Å². The van der Waals surface area contributed by atoms with Crippen LogP contribution in [0.15, 0.2) is 60.7 Å². The molecule has 2 aromatic rings. The van der Waals surface area contributed by atoms with E-state index in [0.29, 0.717) is 25.9 Å². The number of carbonyl (C=O) groups is 2. The molecule has 2 amide bonds. The Hall–Kier alpha value is -2.78. The van der Waals surface area contributed by atoms with Crippen LogP contribution >= 0.6 is 0 Å². The number of aliphatic hydroxyl groups is 2. The zero-order chi connectivity index (χ0) is 31.7. The quantitative estimate of drug-likeness (QED) is 0.343. The maximum atomic E-state index is 13.0. The second-order valence-electron chi connectivity index (χ2n) is 14.5. The van der Waals surface area contributed by atoms with Gasteiger partial charge in [0.25, 0.3) is 0 Å². The minimum absolute atomic E-state index is 0.00978. The lowest BCUT2D eigenvalue weighted by molar-refractivity contribution is -0.146. The Morgan fingerprint density at radius 3 is 1.34 bits per heavy atom. The van der Waals surface area contributed by atoms with Gasteiger partial charge in [0.05, 0.1) is 46.4 Å². The molecule has 240 valence electrons. The van der Waals surface area contributed by atoms with Gasteiger partial charge in [-0.05, 0) is 90.2 Å². The fourth-order valence-corrected chi connectivity index (χ4v) is 8.52. The van der Waals surface area contributed by atoms with Gasteiger partial charge in [-0.2, -0.15) is 0 Å². The smallest absolute Gasteiger partial charge is 0.229 e. The van der Waals surface area contributed by atoms with E-state index >= 15 is 0 Å². The van der Waals surface area contributed by atoms with Gasteiger partial charge in [-0.15, -0.1) is 0 Å². The van der Waals surface area contributed by atoms with Crippen molar-refractivity contribution in [3.8, 4) is 0 Å². The van der Waals surface area contributed by atoms with Gasteiger partial charge >= 0.3 is 0 Å². The largest absolute Gasteiger partial charge is 0.393 e. The molecule has 6 rings (SSSR count). The van der Waals surface area contributed by atoms with Gasteiger partial charge in [0.1, 0.15) is 0 Å². The number of rotatable bonds is 8. The summed E-state index contributed by atoms with van der Waals surface area (Å²) in [5.41, 5.74) is -1.06. The number of aliphatic hydroxyl groups excluding tert-OH is 2.